The van der Waals surface area contributed by atoms with Crippen molar-refractivity contribution in [3.63, 3.8) is 0 Å². The molecule has 1 fully saturated rings. The molecule has 1 N–H and O–H groups in total. The first-order valence-electron chi connectivity index (χ1n) is 9.35. The van der Waals surface area contributed by atoms with Gasteiger partial charge in [-0.15, -0.1) is 24.0 Å². The Bertz CT molecular complexity index is 607. The monoisotopic (exact) mass is 489 g/mol. The number of carbonyl (C=O) groups excluding carboxylic acids is 1. The highest BCUT2D eigenvalue weighted by atomic mass is 127. The third kappa shape index (κ3) is 6.95. The second-order valence-corrected chi connectivity index (χ2v) is 6.64. The first-order chi connectivity index (χ1) is 12.6. The number of halogens is 1. The Kier molecular flexibility index (Phi) is 10.7. The molecule has 1 aliphatic heterocycles. The minimum absolute atomic E-state index is 0. The molecule has 7 heteroatoms. The maximum atomic E-state index is 11.9. The number of esters is 1. The van der Waals surface area contributed by atoms with Gasteiger partial charge in [0.15, 0.2) is 5.96 Å². The molecule has 0 aliphatic carbocycles. The number of methoxy groups -OCH3 is 1. The highest BCUT2D eigenvalue weighted by Crippen LogP contribution is 2.24. The minimum Gasteiger partial charge on any atom is -0.469 e. The van der Waals surface area contributed by atoms with Crippen molar-refractivity contribution in [2.24, 2.45) is 16.8 Å². The number of hydrogen-bond acceptors (Lipinski definition) is 4. The molecule has 6 nitrogen and oxygen atoms in total. The number of rotatable bonds is 7. The van der Waals surface area contributed by atoms with Crippen LogP contribution in [0.1, 0.15) is 31.9 Å². The highest BCUT2D eigenvalue weighted by Gasteiger charge is 2.36. The van der Waals surface area contributed by atoms with Gasteiger partial charge < -0.3 is 19.7 Å². The third-order valence-corrected chi connectivity index (χ3v) is 4.66. The summed E-state index contributed by atoms with van der Waals surface area (Å²) >= 11 is 0. The Morgan fingerprint density at radius 3 is 2.48 bits per heavy atom. The summed E-state index contributed by atoms with van der Waals surface area (Å²) in [7, 11) is 1.45. The van der Waals surface area contributed by atoms with Gasteiger partial charge in [-0.2, -0.15) is 0 Å². The molecule has 0 radical (unpaired) electrons. The van der Waals surface area contributed by atoms with Crippen LogP contribution in [0, 0.1) is 11.8 Å². The van der Waals surface area contributed by atoms with Crippen molar-refractivity contribution in [3.8, 4) is 0 Å². The van der Waals surface area contributed by atoms with Crippen LogP contribution in [-0.2, 0) is 27.4 Å². The van der Waals surface area contributed by atoms with Crippen molar-refractivity contribution < 1.29 is 14.3 Å². The normalized spacial score (nSPS) is 19.6. The Morgan fingerprint density at radius 1 is 1.22 bits per heavy atom. The molecule has 152 valence electrons. The standard InChI is InChI=1S/C20H31N3O3.HI/c1-5-21-20(23-12-15(3)18(13-23)19(24)25-4)22-11-16-7-9-17(10-8-16)14-26-6-2;/h7-10,15,18H,5-6,11-14H2,1-4H3,(H,21,22);1H. The molecule has 0 saturated carbocycles. The quantitative estimate of drug-likeness (QED) is 0.276. The lowest BCUT2D eigenvalue weighted by Crippen LogP contribution is -2.40. The largest absolute Gasteiger partial charge is 0.469 e. The molecule has 0 spiro atoms. The molecule has 1 heterocycles. The van der Waals surface area contributed by atoms with Gasteiger partial charge in [-0.25, -0.2) is 4.99 Å². The van der Waals surface area contributed by atoms with Gasteiger partial charge in [-0.05, 0) is 30.9 Å². The van der Waals surface area contributed by atoms with Crippen LogP contribution in [0.25, 0.3) is 0 Å². The number of guanidine groups is 1. The van der Waals surface area contributed by atoms with Crippen LogP contribution in [0.3, 0.4) is 0 Å². The maximum absolute atomic E-state index is 11.9. The summed E-state index contributed by atoms with van der Waals surface area (Å²) < 4.78 is 10.3. The summed E-state index contributed by atoms with van der Waals surface area (Å²) in [6, 6.07) is 8.34. The van der Waals surface area contributed by atoms with E-state index >= 15 is 0 Å². The van der Waals surface area contributed by atoms with Crippen molar-refractivity contribution in [1.82, 2.24) is 10.2 Å². The lowest BCUT2D eigenvalue weighted by atomic mass is 9.99. The molecule has 2 rings (SSSR count). The van der Waals surface area contributed by atoms with Crippen molar-refractivity contribution in [1.29, 1.82) is 0 Å². The van der Waals surface area contributed by atoms with Gasteiger partial charge in [0.2, 0.25) is 0 Å². The molecule has 1 saturated heterocycles. The second-order valence-electron chi connectivity index (χ2n) is 6.64. The smallest absolute Gasteiger partial charge is 0.310 e. The molecule has 1 aromatic carbocycles. The maximum Gasteiger partial charge on any atom is 0.310 e. The van der Waals surface area contributed by atoms with Gasteiger partial charge >= 0.3 is 5.97 Å². The van der Waals surface area contributed by atoms with Gasteiger partial charge in [-0.1, -0.05) is 31.2 Å². The number of carbonyl (C=O) groups is 1. The van der Waals surface area contributed by atoms with Crippen LogP contribution < -0.4 is 5.32 Å². The fourth-order valence-corrected chi connectivity index (χ4v) is 3.15. The molecular formula is C20H32IN3O3. The zero-order chi connectivity index (χ0) is 18.9. The first-order valence-corrected chi connectivity index (χ1v) is 9.35. The summed E-state index contributed by atoms with van der Waals surface area (Å²) in [5, 5.41) is 3.34. The van der Waals surface area contributed by atoms with Gasteiger partial charge in [0.1, 0.15) is 0 Å². The topological polar surface area (TPSA) is 63.2 Å². The van der Waals surface area contributed by atoms with E-state index < -0.39 is 0 Å². The van der Waals surface area contributed by atoms with Crippen molar-refractivity contribution in [2.75, 3.05) is 33.4 Å². The van der Waals surface area contributed by atoms with Crippen LogP contribution in [0.4, 0.5) is 0 Å². The molecule has 27 heavy (non-hydrogen) atoms. The first kappa shape index (κ1) is 23.7. The van der Waals surface area contributed by atoms with Crippen LogP contribution in [-0.4, -0.2) is 50.2 Å². The molecule has 2 unspecified atom stereocenters. The zero-order valence-corrected chi connectivity index (χ0v) is 19.1. The van der Waals surface area contributed by atoms with Gasteiger partial charge in [0, 0.05) is 26.2 Å². The zero-order valence-electron chi connectivity index (χ0n) is 16.7. The minimum atomic E-state index is -0.138. The summed E-state index contributed by atoms with van der Waals surface area (Å²) in [5.41, 5.74) is 2.32. The molecule has 0 aromatic heterocycles. The van der Waals surface area contributed by atoms with Crippen LogP contribution in [0.2, 0.25) is 0 Å². The van der Waals surface area contributed by atoms with Crippen LogP contribution >= 0.6 is 24.0 Å². The Hall–Kier alpha value is -1.35. The molecule has 1 aliphatic rings. The van der Waals surface area contributed by atoms with E-state index in [0.717, 1.165) is 31.2 Å². The predicted molar refractivity (Wildman–Crippen MR) is 118 cm³/mol. The van der Waals surface area contributed by atoms with Crippen molar-refractivity contribution in [3.05, 3.63) is 35.4 Å². The Labute approximate surface area is 179 Å². The van der Waals surface area contributed by atoms with Gasteiger partial charge in [-0.3, -0.25) is 4.79 Å². The summed E-state index contributed by atoms with van der Waals surface area (Å²) in [4.78, 5) is 18.8. The number of benzene rings is 1. The molecule has 0 amide bonds. The van der Waals surface area contributed by atoms with E-state index in [-0.39, 0.29) is 41.8 Å². The van der Waals surface area contributed by atoms with Crippen molar-refractivity contribution in [2.45, 2.75) is 33.9 Å². The van der Waals surface area contributed by atoms with E-state index in [9.17, 15) is 4.79 Å². The molecule has 2 atom stereocenters. The van der Waals surface area contributed by atoms with Crippen molar-refractivity contribution >= 4 is 35.9 Å². The predicted octanol–water partition coefficient (Wildman–Crippen LogP) is 3.05. The van der Waals surface area contributed by atoms with Gasteiger partial charge in [0.05, 0.1) is 26.2 Å². The van der Waals surface area contributed by atoms with E-state index in [0.29, 0.717) is 19.7 Å². The Morgan fingerprint density at radius 2 is 1.89 bits per heavy atom. The van der Waals surface area contributed by atoms with E-state index in [4.69, 9.17) is 14.5 Å². The number of aliphatic imine (C=N–C) groups is 1. The average molecular weight is 489 g/mol. The van der Waals surface area contributed by atoms with Crippen LogP contribution in [0.5, 0.6) is 0 Å². The molecule has 1 aromatic rings. The lowest BCUT2D eigenvalue weighted by molar-refractivity contribution is -0.145. The fraction of sp³-hybridized carbons (Fsp3) is 0.600. The van der Waals surface area contributed by atoms with E-state index in [1.165, 1.54) is 12.7 Å². The lowest BCUT2D eigenvalue weighted by Gasteiger charge is -2.21. The van der Waals surface area contributed by atoms with Gasteiger partial charge in [0.25, 0.3) is 0 Å². The molecular weight excluding hydrogens is 457 g/mol. The van der Waals surface area contributed by atoms with E-state index in [1.807, 2.05) is 6.92 Å². The van der Waals surface area contributed by atoms with E-state index in [1.54, 1.807) is 0 Å². The fourth-order valence-electron chi connectivity index (χ4n) is 3.15. The summed E-state index contributed by atoms with van der Waals surface area (Å²) in [6.07, 6.45) is 0. The number of nitrogens with zero attached hydrogens (tertiary/aromatic N) is 2. The third-order valence-electron chi connectivity index (χ3n) is 4.66. The molecule has 0 bridgehead atoms. The number of ether oxygens (including phenoxy) is 2. The highest BCUT2D eigenvalue weighted by molar-refractivity contribution is 14.0. The number of nitrogens with one attached hydrogen (secondary N) is 1. The van der Waals surface area contributed by atoms with E-state index in [2.05, 4.69) is 48.3 Å². The number of hydrogen-bond donors (Lipinski definition) is 1. The Balaban J connectivity index is 0.00000364. The van der Waals surface area contributed by atoms with Crippen LogP contribution in [0.15, 0.2) is 29.3 Å². The average Bonchev–Trinajstić information content (AvgIpc) is 3.05. The second kappa shape index (κ2) is 12.2. The summed E-state index contributed by atoms with van der Waals surface area (Å²) in [6.45, 7) is 10.3. The SMILES string of the molecule is CCNC(=NCc1ccc(COCC)cc1)N1CC(C)C(C(=O)OC)C1.I. The summed E-state index contributed by atoms with van der Waals surface area (Å²) in [5.74, 6) is 0.871. The number of likely N-dealkylation sites (tertiary alicyclic amines) is 1.